The number of nitrogens with one attached hydrogen (secondary N) is 2. The van der Waals surface area contributed by atoms with Crippen LogP contribution in [0.3, 0.4) is 0 Å². The van der Waals surface area contributed by atoms with Crippen molar-refractivity contribution in [1.82, 2.24) is 15.2 Å². The molecule has 3 rings (SSSR count). The normalized spacial score (nSPS) is 26.2. The summed E-state index contributed by atoms with van der Waals surface area (Å²) in [5.41, 5.74) is 0.0800. The van der Waals surface area contributed by atoms with Gasteiger partial charge in [-0.05, 0) is 50.0 Å². The van der Waals surface area contributed by atoms with Gasteiger partial charge in [0, 0.05) is 25.4 Å². The maximum atomic E-state index is 12.3. The average molecular weight is 331 g/mol. The molecule has 2 N–H and O–H groups in total. The van der Waals surface area contributed by atoms with Crippen molar-refractivity contribution in [3.8, 4) is 0 Å². The summed E-state index contributed by atoms with van der Waals surface area (Å²) in [4.78, 5) is 35.9. The van der Waals surface area contributed by atoms with E-state index in [4.69, 9.17) is 0 Å². The standard InChI is InChI=1S/C18H25N3O3/c1-11(15-8-12-3-4-13(15)7-12)20-16(22)10-21-9-14(18(24)19-2)5-6-17(21)23/h5-6,9,11-13,15H,3-4,7-8,10H2,1-2H3,(H,19,24)(H,20,22). The van der Waals surface area contributed by atoms with E-state index in [-0.39, 0.29) is 30.0 Å². The first-order valence-electron chi connectivity index (χ1n) is 8.70. The molecular formula is C18H25N3O3. The van der Waals surface area contributed by atoms with Crippen molar-refractivity contribution in [2.75, 3.05) is 7.05 Å². The van der Waals surface area contributed by atoms with E-state index in [1.54, 1.807) is 0 Å². The SMILES string of the molecule is CNC(=O)c1ccc(=O)n(CC(=O)NC(C)C2CC3CCC2C3)c1. The van der Waals surface area contributed by atoms with E-state index in [2.05, 4.69) is 17.6 Å². The maximum absolute atomic E-state index is 12.3. The zero-order valence-electron chi connectivity index (χ0n) is 14.2. The first kappa shape index (κ1) is 16.7. The highest BCUT2D eigenvalue weighted by Crippen LogP contribution is 2.49. The third kappa shape index (κ3) is 3.37. The molecule has 0 radical (unpaired) electrons. The Balaban J connectivity index is 1.62. The molecule has 0 aliphatic heterocycles. The highest BCUT2D eigenvalue weighted by molar-refractivity contribution is 5.93. The van der Waals surface area contributed by atoms with Gasteiger partial charge in [0.05, 0.1) is 5.56 Å². The van der Waals surface area contributed by atoms with Gasteiger partial charge in [-0.15, -0.1) is 0 Å². The van der Waals surface area contributed by atoms with Gasteiger partial charge in [-0.25, -0.2) is 0 Å². The van der Waals surface area contributed by atoms with Gasteiger partial charge in [-0.2, -0.15) is 0 Å². The molecule has 0 spiro atoms. The van der Waals surface area contributed by atoms with Gasteiger partial charge in [0.1, 0.15) is 6.54 Å². The molecule has 0 saturated heterocycles. The van der Waals surface area contributed by atoms with Crippen LogP contribution < -0.4 is 16.2 Å². The van der Waals surface area contributed by atoms with E-state index < -0.39 is 0 Å². The Morgan fingerprint density at radius 2 is 2.08 bits per heavy atom. The monoisotopic (exact) mass is 331 g/mol. The summed E-state index contributed by atoms with van der Waals surface area (Å²) < 4.78 is 1.29. The van der Waals surface area contributed by atoms with Crippen molar-refractivity contribution in [2.45, 2.75) is 45.2 Å². The lowest BCUT2D eigenvalue weighted by atomic mass is 9.84. The topological polar surface area (TPSA) is 80.2 Å². The number of amides is 2. The fourth-order valence-electron chi connectivity index (χ4n) is 4.40. The zero-order valence-corrected chi connectivity index (χ0v) is 14.2. The van der Waals surface area contributed by atoms with Gasteiger partial charge in [0.2, 0.25) is 5.91 Å². The lowest BCUT2D eigenvalue weighted by Gasteiger charge is -2.28. The van der Waals surface area contributed by atoms with Gasteiger partial charge in [0.15, 0.2) is 0 Å². The lowest BCUT2D eigenvalue weighted by molar-refractivity contribution is -0.122. The smallest absolute Gasteiger partial charge is 0.252 e. The average Bonchev–Trinajstić information content (AvgIpc) is 3.19. The number of rotatable bonds is 5. The number of hydrogen-bond acceptors (Lipinski definition) is 3. The van der Waals surface area contributed by atoms with Gasteiger partial charge < -0.3 is 15.2 Å². The highest BCUT2D eigenvalue weighted by atomic mass is 16.2. The molecule has 4 atom stereocenters. The summed E-state index contributed by atoms with van der Waals surface area (Å²) in [6.07, 6.45) is 6.56. The number of fused-ring (bicyclic) bond motifs is 2. The Hall–Kier alpha value is -2.11. The first-order valence-corrected chi connectivity index (χ1v) is 8.70. The van der Waals surface area contributed by atoms with Crippen molar-refractivity contribution in [1.29, 1.82) is 0 Å². The second kappa shape index (κ2) is 6.79. The summed E-state index contributed by atoms with van der Waals surface area (Å²) >= 11 is 0. The van der Waals surface area contributed by atoms with Crippen molar-refractivity contribution >= 4 is 11.8 Å². The van der Waals surface area contributed by atoms with Crippen LogP contribution in [0.5, 0.6) is 0 Å². The summed E-state index contributed by atoms with van der Waals surface area (Å²) in [6.45, 7) is 2.00. The molecule has 2 amide bonds. The van der Waals surface area contributed by atoms with Gasteiger partial charge in [-0.3, -0.25) is 14.4 Å². The van der Waals surface area contributed by atoms with E-state index >= 15 is 0 Å². The highest BCUT2D eigenvalue weighted by Gasteiger charge is 2.42. The van der Waals surface area contributed by atoms with Crippen LogP contribution in [-0.2, 0) is 11.3 Å². The van der Waals surface area contributed by atoms with Crippen molar-refractivity contribution in [2.24, 2.45) is 17.8 Å². The quantitative estimate of drug-likeness (QED) is 0.849. The first-order chi connectivity index (χ1) is 11.5. The molecule has 4 unspecified atom stereocenters. The van der Waals surface area contributed by atoms with E-state index in [9.17, 15) is 14.4 Å². The molecule has 2 saturated carbocycles. The van der Waals surface area contributed by atoms with Gasteiger partial charge >= 0.3 is 0 Å². The van der Waals surface area contributed by atoms with Crippen LogP contribution in [0.15, 0.2) is 23.1 Å². The Labute approximate surface area is 141 Å². The van der Waals surface area contributed by atoms with Crippen molar-refractivity contribution in [3.05, 3.63) is 34.2 Å². The molecule has 0 aromatic carbocycles. The van der Waals surface area contributed by atoms with Crippen LogP contribution in [-0.4, -0.2) is 29.5 Å². The maximum Gasteiger partial charge on any atom is 0.252 e. The molecule has 130 valence electrons. The molecule has 24 heavy (non-hydrogen) atoms. The molecule has 2 bridgehead atoms. The van der Waals surface area contributed by atoms with Gasteiger partial charge in [0.25, 0.3) is 11.5 Å². The molecular weight excluding hydrogens is 306 g/mol. The van der Waals surface area contributed by atoms with E-state index in [1.807, 2.05) is 0 Å². The zero-order chi connectivity index (χ0) is 17.3. The Kier molecular flexibility index (Phi) is 4.73. The van der Waals surface area contributed by atoms with E-state index in [1.165, 1.54) is 55.6 Å². The van der Waals surface area contributed by atoms with Crippen molar-refractivity contribution < 1.29 is 9.59 Å². The molecule has 2 fully saturated rings. The fraction of sp³-hybridized carbons (Fsp3) is 0.611. The molecule has 6 heteroatoms. The summed E-state index contributed by atoms with van der Waals surface area (Å²) in [6, 6.07) is 2.91. The Morgan fingerprint density at radius 1 is 1.29 bits per heavy atom. The number of carbonyl (C=O) groups is 2. The second-order valence-electron chi connectivity index (χ2n) is 7.16. The Bertz CT molecular complexity index is 697. The number of carbonyl (C=O) groups excluding carboxylic acids is 2. The number of pyridine rings is 1. The van der Waals surface area contributed by atoms with Crippen LogP contribution in [0.4, 0.5) is 0 Å². The number of aromatic nitrogens is 1. The van der Waals surface area contributed by atoms with Crippen LogP contribution in [0.25, 0.3) is 0 Å². The summed E-state index contributed by atoms with van der Waals surface area (Å²) in [7, 11) is 1.53. The molecule has 1 aromatic heterocycles. The summed E-state index contributed by atoms with van der Waals surface area (Å²) in [5.74, 6) is 1.68. The second-order valence-corrected chi connectivity index (χ2v) is 7.16. The molecule has 2 aliphatic rings. The molecule has 2 aliphatic carbocycles. The van der Waals surface area contributed by atoms with E-state index in [0.29, 0.717) is 11.5 Å². The predicted octanol–water partition coefficient (Wildman–Crippen LogP) is 1.15. The summed E-state index contributed by atoms with van der Waals surface area (Å²) in [5, 5.41) is 5.56. The minimum Gasteiger partial charge on any atom is -0.355 e. The molecule has 6 nitrogen and oxygen atoms in total. The van der Waals surface area contributed by atoms with Crippen LogP contribution in [0.1, 0.15) is 43.0 Å². The molecule has 1 heterocycles. The number of nitrogens with zero attached hydrogens (tertiary/aromatic N) is 1. The van der Waals surface area contributed by atoms with Crippen LogP contribution in [0, 0.1) is 17.8 Å². The van der Waals surface area contributed by atoms with E-state index in [0.717, 1.165) is 11.8 Å². The third-order valence-corrected chi connectivity index (χ3v) is 5.61. The third-order valence-electron chi connectivity index (χ3n) is 5.61. The largest absolute Gasteiger partial charge is 0.355 e. The lowest BCUT2D eigenvalue weighted by Crippen LogP contribution is -2.42. The van der Waals surface area contributed by atoms with Gasteiger partial charge in [-0.1, -0.05) is 6.42 Å². The fourth-order valence-corrected chi connectivity index (χ4v) is 4.40. The predicted molar refractivity (Wildman–Crippen MR) is 90.6 cm³/mol. The minimum atomic E-state index is -0.287. The Morgan fingerprint density at radius 3 is 2.71 bits per heavy atom. The number of hydrogen-bond donors (Lipinski definition) is 2. The van der Waals surface area contributed by atoms with Crippen LogP contribution in [0.2, 0.25) is 0 Å². The van der Waals surface area contributed by atoms with Crippen molar-refractivity contribution in [3.63, 3.8) is 0 Å². The minimum absolute atomic E-state index is 0.0607. The molecule has 1 aromatic rings. The van der Waals surface area contributed by atoms with Crippen LogP contribution >= 0.6 is 0 Å².